The maximum atomic E-state index is 12.6. The zero-order chi connectivity index (χ0) is 14.8. The molecule has 2 atom stereocenters. The summed E-state index contributed by atoms with van der Waals surface area (Å²) in [6.45, 7) is 0. The number of anilines is 1. The maximum Gasteiger partial charge on any atom is 0.416 e. The van der Waals surface area contributed by atoms with E-state index in [1.54, 1.807) is 0 Å². The van der Waals surface area contributed by atoms with Gasteiger partial charge in [-0.15, -0.1) is 0 Å². The predicted molar refractivity (Wildman–Crippen MR) is 74.7 cm³/mol. The Morgan fingerprint density at radius 2 is 2.10 bits per heavy atom. The van der Waals surface area contributed by atoms with Crippen LogP contribution in [0.25, 0.3) is 0 Å². The largest absolute Gasteiger partial charge is 0.416 e. The van der Waals surface area contributed by atoms with Gasteiger partial charge >= 0.3 is 6.18 Å². The van der Waals surface area contributed by atoms with Crippen molar-refractivity contribution in [1.29, 1.82) is 5.26 Å². The second-order valence-electron chi connectivity index (χ2n) is 4.88. The molecule has 2 nitrogen and oxygen atoms in total. The van der Waals surface area contributed by atoms with Crippen molar-refractivity contribution in [3.05, 3.63) is 29.3 Å². The normalized spacial score (nSPS) is 22.6. The number of benzene rings is 1. The van der Waals surface area contributed by atoms with Crippen LogP contribution in [0, 0.1) is 11.3 Å². The van der Waals surface area contributed by atoms with Crippen molar-refractivity contribution in [3.63, 3.8) is 0 Å². The summed E-state index contributed by atoms with van der Waals surface area (Å²) in [4.78, 5) is 0. The molecule has 2 rings (SSSR count). The highest BCUT2D eigenvalue weighted by Gasteiger charge is 2.31. The zero-order valence-electron chi connectivity index (χ0n) is 11.0. The van der Waals surface area contributed by atoms with Crippen molar-refractivity contribution >= 4 is 17.4 Å². The lowest BCUT2D eigenvalue weighted by molar-refractivity contribution is -0.137. The maximum absolute atomic E-state index is 12.6. The number of alkyl halides is 3. The molecule has 1 aliphatic rings. The van der Waals surface area contributed by atoms with E-state index < -0.39 is 11.7 Å². The third-order valence-corrected chi connectivity index (χ3v) is 4.64. The first-order chi connectivity index (χ1) is 9.44. The van der Waals surface area contributed by atoms with Crippen LogP contribution in [-0.4, -0.2) is 17.5 Å². The third-order valence-electron chi connectivity index (χ3n) is 3.54. The first-order valence-corrected chi connectivity index (χ1v) is 7.63. The molecule has 1 aromatic rings. The van der Waals surface area contributed by atoms with Crippen molar-refractivity contribution < 1.29 is 13.2 Å². The van der Waals surface area contributed by atoms with Crippen LogP contribution in [0.2, 0.25) is 0 Å². The summed E-state index contributed by atoms with van der Waals surface area (Å²) in [6.07, 6.45) is 0.707. The lowest BCUT2D eigenvalue weighted by Crippen LogP contribution is -2.17. The minimum absolute atomic E-state index is 0.0485. The summed E-state index contributed by atoms with van der Waals surface area (Å²) in [5.41, 5.74) is -0.243. The van der Waals surface area contributed by atoms with E-state index in [0.29, 0.717) is 10.9 Å². The summed E-state index contributed by atoms with van der Waals surface area (Å²) in [5.74, 6) is 0. The molecule has 0 heterocycles. The molecule has 0 spiro atoms. The van der Waals surface area contributed by atoms with Crippen LogP contribution in [0.1, 0.15) is 30.4 Å². The molecule has 1 aliphatic carbocycles. The van der Waals surface area contributed by atoms with Gasteiger partial charge in [-0.05, 0) is 43.7 Å². The Morgan fingerprint density at radius 1 is 1.35 bits per heavy atom. The van der Waals surface area contributed by atoms with Crippen molar-refractivity contribution in [2.24, 2.45) is 0 Å². The fourth-order valence-electron chi connectivity index (χ4n) is 2.44. The Morgan fingerprint density at radius 3 is 2.65 bits per heavy atom. The minimum Gasteiger partial charge on any atom is -0.381 e. The molecule has 0 aliphatic heterocycles. The summed E-state index contributed by atoms with van der Waals surface area (Å²) < 4.78 is 37.8. The summed E-state index contributed by atoms with van der Waals surface area (Å²) >= 11 is 1.81. The molecular formula is C14H15F3N2S. The van der Waals surface area contributed by atoms with E-state index in [1.807, 2.05) is 17.8 Å². The first kappa shape index (κ1) is 15.0. The van der Waals surface area contributed by atoms with Gasteiger partial charge in [0.05, 0.1) is 16.8 Å². The molecule has 2 unspecified atom stereocenters. The molecule has 0 aromatic heterocycles. The topological polar surface area (TPSA) is 35.8 Å². The lowest BCUT2D eigenvalue weighted by Gasteiger charge is -2.16. The van der Waals surface area contributed by atoms with E-state index in [4.69, 9.17) is 5.26 Å². The van der Waals surface area contributed by atoms with Crippen LogP contribution in [-0.2, 0) is 6.18 Å². The van der Waals surface area contributed by atoms with Gasteiger partial charge in [0.15, 0.2) is 0 Å². The Hall–Kier alpha value is -1.35. The van der Waals surface area contributed by atoms with Crippen molar-refractivity contribution in [2.45, 2.75) is 36.7 Å². The quantitative estimate of drug-likeness (QED) is 0.905. The molecule has 1 aromatic carbocycles. The SMILES string of the molecule is CSC1CCC(Nc2ccc(C(F)(F)F)cc2C#N)C1. The highest BCUT2D eigenvalue weighted by Crippen LogP contribution is 2.34. The number of thioether (sulfide) groups is 1. The second-order valence-corrected chi connectivity index (χ2v) is 6.02. The fourth-order valence-corrected chi connectivity index (χ4v) is 3.24. The number of rotatable bonds is 3. The lowest BCUT2D eigenvalue weighted by atomic mass is 10.1. The number of hydrogen-bond donors (Lipinski definition) is 1. The summed E-state index contributed by atoms with van der Waals surface area (Å²) in [7, 11) is 0. The monoisotopic (exact) mass is 300 g/mol. The van der Waals surface area contributed by atoms with Gasteiger partial charge in [0.2, 0.25) is 0 Å². The molecular weight excluding hydrogens is 285 g/mol. The average Bonchev–Trinajstić information content (AvgIpc) is 2.85. The molecule has 108 valence electrons. The van der Waals surface area contributed by atoms with Crippen LogP contribution < -0.4 is 5.32 Å². The van der Waals surface area contributed by atoms with Gasteiger partial charge < -0.3 is 5.32 Å². The van der Waals surface area contributed by atoms with Crippen molar-refractivity contribution in [1.82, 2.24) is 0 Å². The Balaban J connectivity index is 2.15. The minimum atomic E-state index is -4.42. The van der Waals surface area contributed by atoms with E-state index in [2.05, 4.69) is 11.6 Å². The average molecular weight is 300 g/mol. The Kier molecular flexibility index (Phi) is 4.48. The highest BCUT2D eigenvalue weighted by atomic mass is 32.2. The van der Waals surface area contributed by atoms with Crippen LogP contribution in [0.15, 0.2) is 18.2 Å². The molecule has 1 saturated carbocycles. The van der Waals surface area contributed by atoms with Crippen LogP contribution in [0.5, 0.6) is 0 Å². The van der Waals surface area contributed by atoms with Gasteiger partial charge in [-0.2, -0.15) is 30.2 Å². The number of halogens is 3. The van der Waals surface area contributed by atoms with E-state index in [9.17, 15) is 13.2 Å². The summed E-state index contributed by atoms with van der Waals surface area (Å²) in [5, 5.41) is 12.8. The number of nitriles is 1. The van der Waals surface area contributed by atoms with Crippen LogP contribution >= 0.6 is 11.8 Å². The van der Waals surface area contributed by atoms with Crippen LogP contribution in [0.3, 0.4) is 0 Å². The molecule has 1 N–H and O–H groups in total. The molecule has 20 heavy (non-hydrogen) atoms. The second kappa shape index (κ2) is 5.96. The smallest absolute Gasteiger partial charge is 0.381 e. The zero-order valence-corrected chi connectivity index (χ0v) is 11.8. The van der Waals surface area contributed by atoms with Gasteiger partial charge in [0, 0.05) is 11.3 Å². The number of hydrogen-bond acceptors (Lipinski definition) is 3. The molecule has 1 fully saturated rings. The Bertz CT molecular complexity index is 522. The van der Waals surface area contributed by atoms with Gasteiger partial charge in [-0.3, -0.25) is 0 Å². The van der Waals surface area contributed by atoms with E-state index in [1.165, 1.54) is 6.07 Å². The van der Waals surface area contributed by atoms with Gasteiger partial charge in [-0.25, -0.2) is 0 Å². The molecule has 0 saturated heterocycles. The first-order valence-electron chi connectivity index (χ1n) is 6.34. The van der Waals surface area contributed by atoms with E-state index >= 15 is 0 Å². The van der Waals surface area contributed by atoms with E-state index in [0.717, 1.165) is 31.4 Å². The van der Waals surface area contributed by atoms with Gasteiger partial charge in [0.1, 0.15) is 6.07 Å². The Labute approximate surface area is 120 Å². The van der Waals surface area contributed by atoms with Crippen LogP contribution in [0.4, 0.5) is 18.9 Å². The molecule has 0 radical (unpaired) electrons. The summed E-state index contributed by atoms with van der Waals surface area (Å²) in [6, 6.07) is 5.35. The van der Waals surface area contributed by atoms with Gasteiger partial charge in [-0.1, -0.05) is 0 Å². The highest BCUT2D eigenvalue weighted by molar-refractivity contribution is 7.99. The third kappa shape index (κ3) is 3.40. The number of nitrogens with one attached hydrogen (secondary N) is 1. The molecule has 0 amide bonds. The van der Waals surface area contributed by atoms with Crippen molar-refractivity contribution in [2.75, 3.05) is 11.6 Å². The molecule has 0 bridgehead atoms. The fraction of sp³-hybridized carbons (Fsp3) is 0.500. The van der Waals surface area contributed by atoms with Gasteiger partial charge in [0.25, 0.3) is 0 Å². The standard InChI is InChI=1S/C14H15F3N2S/c1-20-12-4-3-11(7-12)19-13-5-2-10(14(15,16)17)6-9(13)8-18/h2,5-6,11-12,19H,3-4,7H2,1H3. The van der Waals surface area contributed by atoms with E-state index in [-0.39, 0.29) is 11.6 Å². The number of nitrogens with zero attached hydrogens (tertiary/aromatic N) is 1. The molecule has 6 heteroatoms. The van der Waals surface area contributed by atoms with Crippen molar-refractivity contribution in [3.8, 4) is 6.07 Å². The predicted octanol–water partition coefficient (Wildman–Crippen LogP) is 4.27.